The number of furan rings is 1. The average molecular weight is 301 g/mol. The molecule has 1 aromatic heterocycles. The van der Waals surface area contributed by atoms with Gasteiger partial charge in [-0.15, -0.1) is 0 Å². The van der Waals surface area contributed by atoms with Gasteiger partial charge in [-0.2, -0.15) is 0 Å². The van der Waals surface area contributed by atoms with E-state index in [9.17, 15) is 5.11 Å². The largest absolute Gasteiger partial charge is 0.467 e. The summed E-state index contributed by atoms with van der Waals surface area (Å²) in [5, 5.41) is 13.3. The molecule has 2 unspecified atom stereocenters. The maximum Gasteiger partial charge on any atom is 0.123 e. The molecule has 2 rings (SSSR count). The summed E-state index contributed by atoms with van der Waals surface area (Å²) >= 11 is 0. The Kier molecular flexibility index (Phi) is 5.43. The van der Waals surface area contributed by atoms with Crippen LogP contribution >= 0.6 is 0 Å². The van der Waals surface area contributed by atoms with Crippen LogP contribution in [0.25, 0.3) is 0 Å². The molecule has 0 radical (unpaired) electrons. The fourth-order valence-corrected chi connectivity index (χ4v) is 2.86. The third-order valence-corrected chi connectivity index (χ3v) is 4.48. The Morgan fingerprint density at radius 2 is 1.86 bits per heavy atom. The lowest BCUT2D eigenvalue weighted by molar-refractivity contribution is 0.127. The molecular weight excluding hydrogens is 274 g/mol. The minimum atomic E-state index is -0.188. The van der Waals surface area contributed by atoms with Crippen LogP contribution in [0.3, 0.4) is 0 Å². The van der Waals surface area contributed by atoms with Gasteiger partial charge in [-0.25, -0.2) is 0 Å². The highest BCUT2D eigenvalue weighted by molar-refractivity contribution is 5.23. The second-order valence-corrected chi connectivity index (χ2v) is 6.71. The van der Waals surface area contributed by atoms with Crippen molar-refractivity contribution in [3.8, 4) is 0 Å². The maximum absolute atomic E-state index is 9.77. The fraction of sp³-hybridized carbons (Fsp3) is 0.474. The van der Waals surface area contributed by atoms with Crippen LogP contribution in [0.1, 0.15) is 49.6 Å². The standard InChI is InChI=1S/C19H27NO2/c1-14-10-11-22-18(14)15(2)20-12-17(19(3,4)13-21)16-8-6-5-7-9-16/h5-11,15,17,20-21H,12-13H2,1-4H3. The predicted octanol–water partition coefficient (Wildman–Crippen LogP) is 4.04. The van der Waals surface area contributed by atoms with Gasteiger partial charge in [0, 0.05) is 19.1 Å². The SMILES string of the molecule is Cc1ccoc1C(C)NCC(c1ccccc1)C(C)(C)CO. The van der Waals surface area contributed by atoms with Gasteiger partial charge in [-0.05, 0) is 36.5 Å². The Bertz CT molecular complexity index is 574. The highest BCUT2D eigenvalue weighted by Gasteiger charge is 2.30. The van der Waals surface area contributed by atoms with Crippen molar-refractivity contribution in [3.63, 3.8) is 0 Å². The van der Waals surface area contributed by atoms with Gasteiger partial charge in [-0.1, -0.05) is 44.2 Å². The smallest absolute Gasteiger partial charge is 0.123 e. The Labute approximate surface area is 133 Å². The molecular formula is C19H27NO2. The molecule has 2 N–H and O–H groups in total. The number of aliphatic hydroxyl groups is 1. The Hall–Kier alpha value is -1.58. The molecule has 0 aliphatic heterocycles. The van der Waals surface area contributed by atoms with Crippen LogP contribution in [-0.2, 0) is 0 Å². The number of benzene rings is 1. The topological polar surface area (TPSA) is 45.4 Å². The second-order valence-electron chi connectivity index (χ2n) is 6.71. The molecule has 0 aliphatic rings. The molecule has 1 aromatic carbocycles. The average Bonchev–Trinajstić information content (AvgIpc) is 2.94. The zero-order valence-electron chi connectivity index (χ0n) is 14.0. The van der Waals surface area contributed by atoms with Gasteiger partial charge < -0.3 is 14.8 Å². The molecule has 22 heavy (non-hydrogen) atoms. The molecule has 2 atom stereocenters. The lowest BCUT2D eigenvalue weighted by Crippen LogP contribution is -2.35. The quantitative estimate of drug-likeness (QED) is 0.811. The first-order valence-corrected chi connectivity index (χ1v) is 7.89. The molecule has 0 saturated carbocycles. The highest BCUT2D eigenvalue weighted by Crippen LogP contribution is 2.35. The Balaban J connectivity index is 2.12. The van der Waals surface area contributed by atoms with E-state index in [1.165, 1.54) is 5.56 Å². The summed E-state index contributed by atoms with van der Waals surface area (Å²) in [4.78, 5) is 0. The van der Waals surface area contributed by atoms with Crippen molar-refractivity contribution in [1.29, 1.82) is 0 Å². The van der Waals surface area contributed by atoms with Crippen molar-refractivity contribution in [2.75, 3.05) is 13.2 Å². The van der Waals surface area contributed by atoms with Crippen LogP contribution in [0.15, 0.2) is 47.1 Å². The van der Waals surface area contributed by atoms with Crippen molar-refractivity contribution in [2.45, 2.75) is 39.7 Å². The minimum absolute atomic E-state index is 0.149. The number of nitrogens with one attached hydrogen (secondary N) is 1. The molecule has 0 amide bonds. The number of aryl methyl sites for hydroxylation is 1. The van der Waals surface area contributed by atoms with Crippen LogP contribution in [0, 0.1) is 12.3 Å². The number of hydrogen-bond acceptors (Lipinski definition) is 3. The molecule has 0 saturated heterocycles. The van der Waals surface area contributed by atoms with E-state index in [0.717, 1.165) is 17.9 Å². The van der Waals surface area contributed by atoms with Gasteiger partial charge in [-0.3, -0.25) is 0 Å². The van der Waals surface area contributed by atoms with E-state index in [0.29, 0.717) is 0 Å². The Morgan fingerprint density at radius 3 is 2.41 bits per heavy atom. The summed E-state index contributed by atoms with van der Waals surface area (Å²) in [6.45, 7) is 9.33. The van der Waals surface area contributed by atoms with Crippen molar-refractivity contribution in [2.24, 2.45) is 5.41 Å². The molecule has 0 bridgehead atoms. The summed E-state index contributed by atoms with van der Waals surface area (Å²) < 4.78 is 5.56. The first-order chi connectivity index (χ1) is 10.5. The van der Waals surface area contributed by atoms with Crippen LogP contribution in [0.2, 0.25) is 0 Å². The lowest BCUT2D eigenvalue weighted by atomic mass is 9.75. The number of aliphatic hydroxyl groups excluding tert-OH is 1. The zero-order chi connectivity index (χ0) is 16.2. The molecule has 3 heteroatoms. The van der Waals surface area contributed by atoms with E-state index < -0.39 is 0 Å². The first-order valence-electron chi connectivity index (χ1n) is 7.89. The zero-order valence-corrected chi connectivity index (χ0v) is 14.0. The van der Waals surface area contributed by atoms with Gasteiger partial charge >= 0.3 is 0 Å². The van der Waals surface area contributed by atoms with Crippen LogP contribution in [0.5, 0.6) is 0 Å². The van der Waals surface area contributed by atoms with Gasteiger partial charge in [0.05, 0.1) is 12.3 Å². The second kappa shape index (κ2) is 7.12. The van der Waals surface area contributed by atoms with Gasteiger partial charge in [0.1, 0.15) is 5.76 Å². The van der Waals surface area contributed by atoms with E-state index in [-0.39, 0.29) is 24.0 Å². The molecule has 0 spiro atoms. The first kappa shape index (κ1) is 16.8. The van der Waals surface area contributed by atoms with Gasteiger partial charge in [0.2, 0.25) is 0 Å². The molecule has 0 fully saturated rings. The predicted molar refractivity (Wildman–Crippen MR) is 89.9 cm³/mol. The molecule has 3 nitrogen and oxygen atoms in total. The van der Waals surface area contributed by atoms with E-state index in [4.69, 9.17) is 4.42 Å². The lowest BCUT2D eigenvalue weighted by Gasteiger charge is -2.34. The normalized spacial score (nSPS) is 14.8. The van der Waals surface area contributed by atoms with E-state index in [1.807, 2.05) is 12.1 Å². The van der Waals surface area contributed by atoms with Gasteiger partial charge in [0.25, 0.3) is 0 Å². The molecule has 120 valence electrons. The third-order valence-electron chi connectivity index (χ3n) is 4.48. The summed E-state index contributed by atoms with van der Waals surface area (Å²) in [5.74, 6) is 1.21. The highest BCUT2D eigenvalue weighted by atomic mass is 16.3. The van der Waals surface area contributed by atoms with Crippen molar-refractivity contribution in [3.05, 3.63) is 59.5 Å². The Morgan fingerprint density at radius 1 is 1.18 bits per heavy atom. The summed E-state index contributed by atoms with van der Waals surface area (Å²) in [5.41, 5.74) is 2.22. The van der Waals surface area contributed by atoms with E-state index in [2.05, 4.69) is 57.3 Å². The van der Waals surface area contributed by atoms with Crippen LogP contribution in [0.4, 0.5) is 0 Å². The molecule has 0 aliphatic carbocycles. The van der Waals surface area contributed by atoms with E-state index >= 15 is 0 Å². The van der Waals surface area contributed by atoms with E-state index in [1.54, 1.807) is 6.26 Å². The molecule has 1 heterocycles. The van der Waals surface area contributed by atoms with Crippen LogP contribution < -0.4 is 5.32 Å². The minimum Gasteiger partial charge on any atom is -0.467 e. The summed E-state index contributed by atoms with van der Waals surface area (Å²) in [6.07, 6.45) is 1.73. The third kappa shape index (κ3) is 3.79. The maximum atomic E-state index is 9.77. The van der Waals surface area contributed by atoms with Crippen molar-refractivity contribution in [1.82, 2.24) is 5.32 Å². The number of rotatable bonds is 7. The van der Waals surface area contributed by atoms with Crippen molar-refractivity contribution < 1.29 is 9.52 Å². The van der Waals surface area contributed by atoms with Crippen molar-refractivity contribution >= 4 is 0 Å². The monoisotopic (exact) mass is 301 g/mol. The van der Waals surface area contributed by atoms with Crippen LogP contribution in [-0.4, -0.2) is 18.3 Å². The summed E-state index contributed by atoms with van der Waals surface area (Å²) in [6, 6.07) is 12.5. The molecule has 2 aromatic rings. The number of hydrogen-bond donors (Lipinski definition) is 2. The summed E-state index contributed by atoms with van der Waals surface area (Å²) in [7, 11) is 0. The fourth-order valence-electron chi connectivity index (χ4n) is 2.86. The van der Waals surface area contributed by atoms with Gasteiger partial charge in [0.15, 0.2) is 0 Å².